The SMILES string of the molecule is COc1ccc(-c2cc3ccc(O)c(C[NH+]4CC[NH+](CCO)CC4)c3oc2=O)cc1. The molecule has 0 spiro atoms. The molecule has 30 heavy (non-hydrogen) atoms. The lowest BCUT2D eigenvalue weighted by Gasteiger charge is -2.29. The van der Waals surface area contributed by atoms with E-state index in [1.165, 1.54) is 9.80 Å². The van der Waals surface area contributed by atoms with Gasteiger partial charge in [-0.25, -0.2) is 4.79 Å². The highest BCUT2D eigenvalue weighted by Gasteiger charge is 2.25. The topological polar surface area (TPSA) is 88.8 Å². The van der Waals surface area contributed by atoms with Crippen LogP contribution in [0.1, 0.15) is 5.56 Å². The Morgan fingerprint density at radius 2 is 1.73 bits per heavy atom. The van der Waals surface area contributed by atoms with Crippen LogP contribution in [0.25, 0.3) is 22.1 Å². The summed E-state index contributed by atoms with van der Waals surface area (Å²) in [7, 11) is 1.60. The molecule has 0 aliphatic carbocycles. The standard InChI is InChI=1S/C23H26N2O5/c1-29-18-5-2-16(3-6-18)19-14-17-4-7-21(27)20(22(17)30-23(19)28)15-25-10-8-24(9-11-25)12-13-26/h2-7,14,26-27H,8-13,15H2,1H3/p+2. The van der Waals surface area contributed by atoms with Gasteiger partial charge in [0.1, 0.15) is 50.8 Å². The van der Waals surface area contributed by atoms with Gasteiger partial charge in [-0.1, -0.05) is 12.1 Å². The predicted octanol–water partition coefficient (Wildman–Crippen LogP) is -0.550. The van der Waals surface area contributed by atoms with E-state index in [1.54, 1.807) is 19.2 Å². The molecule has 0 amide bonds. The van der Waals surface area contributed by atoms with Gasteiger partial charge in [-0.15, -0.1) is 0 Å². The summed E-state index contributed by atoms with van der Waals surface area (Å²) < 4.78 is 10.9. The van der Waals surface area contributed by atoms with Gasteiger partial charge in [0.25, 0.3) is 0 Å². The second-order valence-electron chi connectivity index (χ2n) is 7.81. The van der Waals surface area contributed by atoms with Crippen molar-refractivity contribution in [1.29, 1.82) is 0 Å². The first-order valence-electron chi connectivity index (χ1n) is 10.3. The van der Waals surface area contributed by atoms with E-state index in [1.807, 2.05) is 30.3 Å². The highest BCUT2D eigenvalue weighted by atomic mass is 16.5. The Kier molecular flexibility index (Phi) is 6.03. The van der Waals surface area contributed by atoms with Crippen molar-refractivity contribution in [2.75, 3.05) is 46.4 Å². The van der Waals surface area contributed by atoms with Gasteiger partial charge < -0.3 is 29.2 Å². The van der Waals surface area contributed by atoms with Gasteiger partial charge in [0.05, 0.1) is 24.8 Å². The van der Waals surface area contributed by atoms with Crippen molar-refractivity contribution < 1.29 is 29.2 Å². The minimum absolute atomic E-state index is 0.153. The molecular formula is C23H28N2O5+2. The Morgan fingerprint density at radius 1 is 1.03 bits per heavy atom. The quantitative estimate of drug-likeness (QED) is 0.408. The first kappa shape index (κ1) is 20.4. The average molecular weight is 412 g/mol. The number of nitrogens with one attached hydrogen (secondary N) is 2. The molecule has 1 saturated heterocycles. The fraction of sp³-hybridized carbons (Fsp3) is 0.348. The zero-order valence-electron chi connectivity index (χ0n) is 17.1. The Balaban J connectivity index is 1.63. The van der Waals surface area contributed by atoms with E-state index in [0.29, 0.717) is 23.3 Å². The fourth-order valence-corrected chi connectivity index (χ4v) is 4.17. The summed E-state index contributed by atoms with van der Waals surface area (Å²) in [5, 5.41) is 20.4. The number of fused-ring (bicyclic) bond motifs is 1. The molecule has 7 heteroatoms. The number of benzene rings is 2. The van der Waals surface area contributed by atoms with E-state index in [2.05, 4.69) is 0 Å². The van der Waals surface area contributed by atoms with Gasteiger partial charge in [0.15, 0.2) is 5.58 Å². The molecule has 0 radical (unpaired) electrons. The molecule has 1 aromatic heterocycles. The lowest BCUT2D eigenvalue weighted by atomic mass is 10.0. The van der Waals surface area contributed by atoms with E-state index < -0.39 is 5.63 Å². The van der Waals surface area contributed by atoms with Crippen molar-refractivity contribution in [2.24, 2.45) is 0 Å². The summed E-state index contributed by atoms with van der Waals surface area (Å²) in [5.41, 5.74) is 1.94. The summed E-state index contributed by atoms with van der Waals surface area (Å²) >= 11 is 0. The number of phenols is 1. The monoisotopic (exact) mass is 412 g/mol. The molecule has 7 nitrogen and oxygen atoms in total. The molecule has 0 saturated carbocycles. The van der Waals surface area contributed by atoms with Crippen molar-refractivity contribution in [3.05, 3.63) is 58.4 Å². The summed E-state index contributed by atoms with van der Waals surface area (Å²) in [6, 6.07) is 12.6. The Morgan fingerprint density at radius 3 is 2.40 bits per heavy atom. The van der Waals surface area contributed by atoms with E-state index in [9.17, 15) is 9.90 Å². The lowest BCUT2D eigenvalue weighted by Crippen LogP contribution is -3.27. The van der Waals surface area contributed by atoms with Crippen LogP contribution in [0.3, 0.4) is 0 Å². The first-order valence-corrected chi connectivity index (χ1v) is 10.3. The highest BCUT2D eigenvalue weighted by molar-refractivity contribution is 5.85. The number of rotatable bonds is 6. The van der Waals surface area contributed by atoms with Crippen LogP contribution in [0.4, 0.5) is 0 Å². The number of hydrogen-bond acceptors (Lipinski definition) is 5. The summed E-state index contributed by atoms with van der Waals surface area (Å²) in [5.74, 6) is 0.875. The average Bonchev–Trinajstić information content (AvgIpc) is 2.77. The van der Waals surface area contributed by atoms with Crippen molar-refractivity contribution in [3.63, 3.8) is 0 Å². The van der Waals surface area contributed by atoms with Gasteiger partial charge in [-0.3, -0.25) is 0 Å². The van der Waals surface area contributed by atoms with Gasteiger partial charge in [-0.05, 0) is 35.9 Å². The fourth-order valence-electron chi connectivity index (χ4n) is 4.17. The molecule has 2 aromatic carbocycles. The van der Waals surface area contributed by atoms with Crippen LogP contribution in [-0.2, 0) is 6.54 Å². The van der Waals surface area contributed by atoms with E-state index in [4.69, 9.17) is 14.3 Å². The maximum Gasteiger partial charge on any atom is 0.344 e. The maximum atomic E-state index is 12.7. The summed E-state index contributed by atoms with van der Waals surface area (Å²) in [4.78, 5) is 15.5. The molecule has 0 bridgehead atoms. The zero-order chi connectivity index (χ0) is 21.1. The maximum absolute atomic E-state index is 12.7. The van der Waals surface area contributed by atoms with Crippen molar-refractivity contribution >= 4 is 11.0 Å². The molecule has 0 unspecified atom stereocenters. The van der Waals surface area contributed by atoms with Crippen molar-refractivity contribution in [2.45, 2.75) is 6.54 Å². The zero-order valence-corrected chi connectivity index (χ0v) is 17.1. The minimum Gasteiger partial charge on any atom is -0.507 e. The highest BCUT2D eigenvalue weighted by Crippen LogP contribution is 2.29. The molecule has 1 fully saturated rings. The molecule has 1 aliphatic heterocycles. The minimum atomic E-state index is -0.424. The van der Waals surface area contributed by atoms with Gasteiger partial charge >= 0.3 is 5.63 Å². The second kappa shape index (κ2) is 8.87. The number of aliphatic hydroxyl groups is 1. The third-order valence-electron chi connectivity index (χ3n) is 5.94. The van der Waals surface area contributed by atoms with Gasteiger partial charge in [-0.2, -0.15) is 0 Å². The van der Waals surface area contributed by atoms with Crippen LogP contribution in [-0.4, -0.2) is 56.7 Å². The smallest absolute Gasteiger partial charge is 0.344 e. The molecule has 3 aromatic rings. The molecule has 4 rings (SSSR count). The van der Waals surface area contributed by atoms with Gasteiger partial charge in [0.2, 0.25) is 0 Å². The Bertz CT molecular complexity index is 1070. The number of quaternary nitrogens is 2. The molecule has 158 valence electrons. The third kappa shape index (κ3) is 4.18. The van der Waals surface area contributed by atoms with E-state index in [-0.39, 0.29) is 12.4 Å². The first-order chi connectivity index (χ1) is 14.6. The van der Waals surface area contributed by atoms with Crippen LogP contribution in [0.15, 0.2) is 51.7 Å². The van der Waals surface area contributed by atoms with Crippen LogP contribution in [0.2, 0.25) is 0 Å². The van der Waals surface area contributed by atoms with Crippen LogP contribution < -0.4 is 20.2 Å². The van der Waals surface area contributed by atoms with Crippen LogP contribution >= 0.6 is 0 Å². The van der Waals surface area contributed by atoms with E-state index >= 15 is 0 Å². The van der Waals surface area contributed by atoms with E-state index in [0.717, 1.165) is 49.4 Å². The third-order valence-corrected chi connectivity index (χ3v) is 5.94. The Hall–Kier alpha value is -2.87. The predicted molar refractivity (Wildman–Crippen MR) is 113 cm³/mol. The molecule has 0 atom stereocenters. The molecule has 4 N–H and O–H groups in total. The number of phenolic OH excluding ortho intramolecular Hbond substituents is 1. The van der Waals surface area contributed by atoms with Crippen LogP contribution in [0.5, 0.6) is 11.5 Å². The van der Waals surface area contributed by atoms with Crippen LogP contribution in [0, 0.1) is 0 Å². The lowest BCUT2D eigenvalue weighted by molar-refractivity contribution is -1.02. The number of piperazine rings is 1. The molecular weight excluding hydrogens is 384 g/mol. The second-order valence-corrected chi connectivity index (χ2v) is 7.81. The number of ether oxygens (including phenoxy) is 1. The van der Waals surface area contributed by atoms with Gasteiger partial charge in [0, 0.05) is 5.39 Å². The number of hydrogen-bond donors (Lipinski definition) is 4. The van der Waals surface area contributed by atoms with Crippen molar-refractivity contribution in [3.8, 4) is 22.6 Å². The number of aliphatic hydroxyl groups excluding tert-OH is 1. The molecule has 2 heterocycles. The summed E-state index contributed by atoms with van der Waals surface area (Å²) in [6.07, 6.45) is 0. The number of methoxy groups -OCH3 is 1. The normalized spacial score (nSPS) is 19.1. The number of aromatic hydroxyl groups is 1. The largest absolute Gasteiger partial charge is 0.507 e. The Labute approximate surface area is 174 Å². The molecule has 1 aliphatic rings. The summed E-state index contributed by atoms with van der Waals surface area (Å²) in [6.45, 7) is 5.42. The van der Waals surface area contributed by atoms with Crippen molar-refractivity contribution in [1.82, 2.24) is 0 Å².